The van der Waals surface area contributed by atoms with Crippen LogP contribution in [0.25, 0.3) is 0 Å². The maximum atomic E-state index is 9.64. The number of hydrogen-bond acceptors (Lipinski definition) is 2. The molecule has 0 aliphatic heterocycles. The third kappa shape index (κ3) is 1.58. The average molecular weight is 242 g/mol. The summed E-state index contributed by atoms with van der Waals surface area (Å²) >= 11 is 3.44. The zero-order chi connectivity index (χ0) is 9.42. The lowest BCUT2D eigenvalue weighted by atomic mass is 10.1. The van der Waals surface area contributed by atoms with E-state index < -0.39 is 0 Å². The molecule has 1 aliphatic carbocycles. The number of phenols is 1. The van der Waals surface area contributed by atoms with Gasteiger partial charge < -0.3 is 10.8 Å². The van der Waals surface area contributed by atoms with Crippen LogP contribution in [-0.4, -0.2) is 11.7 Å². The van der Waals surface area contributed by atoms with Gasteiger partial charge in [0.05, 0.1) is 0 Å². The minimum Gasteiger partial charge on any atom is -0.508 e. The van der Waals surface area contributed by atoms with Crippen molar-refractivity contribution >= 4 is 15.9 Å². The molecule has 1 aliphatic rings. The van der Waals surface area contributed by atoms with Crippen LogP contribution < -0.4 is 5.73 Å². The van der Waals surface area contributed by atoms with E-state index in [1.807, 2.05) is 12.1 Å². The largest absolute Gasteiger partial charge is 0.508 e. The lowest BCUT2D eigenvalue weighted by Gasteiger charge is -2.05. The quantitative estimate of drug-likeness (QED) is 0.835. The highest BCUT2D eigenvalue weighted by atomic mass is 79.9. The molecule has 13 heavy (non-hydrogen) atoms. The van der Waals surface area contributed by atoms with Gasteiger partial charge in [0.2, 0.25) is 0 Å². The minimum absolute atomic E-state index is 0.385. The molecule has 0 bridgehead atoms. The van der Waals surface area contributed by atoms with Crippen molar-refractivity contribution in [1.29, 1.82) is 0 Å². The van der Waals surface area contributed by atoms with E-state index in [-0.39, 0.29) is 0 Å². The molecule has 70 valence electrons. The standard InChI is InChI=1S/C10H12BrNO/c11-8-2-1-3-9(13)10(8)7-4-6(7)5-12/h1-3,6-7,13H,4-5,12H2. The lowest BCUT2D eigenvalue weighted by molar-refractivity contribution is 0.466. The molecule has 2 atom stereocenters. The molecule has 0 heterocycles. The maximum Gasteiger partial charge on any atom is 0.120 e. The fraction of sp³-hybridized carbons (Fsp3) is 0.400. The molecule has 1 fully saturated rings. The van der Waals surface area contributed by atoms with E-state index in [1.165, 1.54) is 0 Å². The first-order chi connectivity index (χ1) is 6.24. The van der Waals surface area contributed by atoms with Gasteiger partial charge in [-0.15, -0.1) is 0 Å². The van der Waals surface area contributed by atoms with Crippen molar-refractivity contribution in [2.45, 2.75) is 12.3 Å². The van der Waals surface area contributed by atoms with Crippen LogP contribution in [0, 0.1) is 5.92 Å². The Hall–Kier alpha value is -0.540. The first-order valence-corrected chi connectivity index (χ1v) is 5.20. The molecule has 0 amide bonds. The van der Waals surface area contributed by atoms with Gasteiger partial charge in [0.25, 0.3) is 0 Å². The Morgan fingerprint density at radius 2 is 2.31 bits per heavy atom. The van der Waals surface area contributed by atoms with Gasteiger partial charge in [-0.2, -0.15) is 0 Å². The van der Waals surface area contributed by atoms with E-state index in [1.54, 1.807) is 6.07 Å². The van der Waals surface area contributed by atoms with Crippen molar-refractivity contribution in [2.24, 2.45) is 11.7 Å². The molecule has 2 rings (SSSR count). The molecule has 3 N–H and O–H groups in total. The van der Waals surface area contributed by atoms with Gasteiger partial charge in [-0.1, -0.05) is 22.0 Å². The summed E-state index contributed by atoms with van der Waals surface area (Å²) in [5.41, 5.74) is 6.59. The van der Waals surface area contributed by atoms with Crippen molar-refractivity contribution in [3.8, 4) is 5.75 Å². The second-order valence-electron chi connectivity index (χ2n) is 3.51. The summed E-state index contributed by atoms with van der Waals surface area (Å²) in [5, 5.41) is 9.64. The van der Waals surface area contributed by atoms with Crippen LogP contribution in [0.4, 0.5) is 0 Å². The Morgan fingerprint density at radius 1 is 1.54 bits per heavy atom. The van der Waals surface area contributed by atoms with E-state index in [2.05, 4.69) is 15.9 Å². The van der Waals surface area contributed by atoms with Crippen LogP contribution in [0.5, 0.6) is 5.75 Å². The van der Waals surface area contributed by atoms with Gasteiger partial charge in [-0.3, -0.25) is 0 Å². The molecule has 3 heteroatoms. The summed E-state index contributed by atoms with van der Waals surface area (Å²) in [6.45, 7) is 0.714. The average Bonchev–Trinajstić information content (AvgIpc) is 2.83. The SMILES string of the molecule is NCC1CC1c1c(O)cccc1Br. The number of benzene rings is 1. The van der Waals surface area contributed by atoms with E-state index in [4.69, 9.17) is 5.73 Å². The van der Waals surface area contributed by atoms with Gasteiger partial charge in [0.15, 0.2) is 0 Å². The van der Waals surface area contributed by atoms with Gasteiger partial charge in [0, 0.05) is 10.0 Å². The van der Waals surface area contributed by atoms with Crippen molar-refractivity contribution in [1.82, 2.24) is 0 Å². The fourth-order valence-corrected chi connectivity index (χ4v) is 2.40. The number of hydrogen-bond donors (Lipinski definition) is 2. The van der Waals surface area contributed by atoms with Gasteiger partial charge in [-0.05, 0) is 36.9 Å². The molecule has 0 saturated heterocycles. The molecular weight excluding hydrogens is 230 g/mol. The van der Waals surface area contributed by atoms with Crippen molar-refractivity contribution in [3.63, 3.8) is 0 Å². The number of aromatic hydroxyl groups is 1. The third-order valence-corrected chi connectivity index (χ3v) is 3.32. The topological polar surface area (TPSA) is 46.2 Å². The summed E-state index contributed by atoms with van der Waals surface area (Å²) in [6.07, 6.45) is 1.10. The van der Waals surface area contributed by atoms with Gasteiger partial charge in [-0.25, -0.2) is 0 Å². The zero-order valence-electron chi connectivity index (χ0n) is 7.20. The fourth-order valence-electron chi connectivity index (χ4n) is 1.75. The zero-order valence-corrected chi connectivity index (χ0v) is 8.79. The second kappa shape index (κ2) is 3.31. The summed E-state index contributed by atoms with van der Waals surface area (Å²) in [5.74, 6) is 1.40. The third-order valence-electron chi connectivity index (χ3n) is 2.63. The summed E-state index contributed by atoms with van der Waals surface area (Å²) in [6, 6.07) is 5.52. The smallest absolute Gasteiger partial charge is 0.120 e. The number of halogens is 1. The summed E-state index contributed by atoms with van der Waals surface area (Å²) < 4.78 is 0.994. The normalized spacial score (nSPS) is 26.0. The highest BCUT2D eigenvalue weighted by Crippen LogP contribution is 2.51. The summed E-state index contributed by atoms with van der Waals surface area (Å²) in [4.78, 5) is 0. The van der Waals surface area contributed by atoms with Crippen LogP contribution >= 0.6 is 15.9 Å². The van der Waals surface area contributed by atoms with Crippen LogP contribution in [0.3, 0.4) is 0 Å². The molecule has 2 nitrogen and oxygen atoms in total. The Balaban J connectivity index is 2.30. The highest BCUT2D eigenvalue weighted by molar-refractivity contribution is 9.10. The molecular formula is C10H12BrNO. The highest BCUT2D eigenvalue weighted by Gasteiger charge is 2.39. The van der Waals surface area contributed by atoms with Crippen LogP contribution in [0.1, 0.15) is 17.9 Å². The van der Waals surface area contributed by atoms with E-state index in [0.717, 1.165) is 16.5 Å². The van der Waals surface area contributed by atoms with E-state index in [0.29, 0.717) is 24.1 Å². The first-order valence-electron chi connectivity index (χ1n) is 4.41. The lowest BCUT2D eigenvalue weighted by Crippen LogP contribution is -2.02. The second-order valence-corrected chi connectivity index (χ2v) is 4.36. The number of phenolic OH excluding ortho intramolecular Hbond substituents is 1. The predicted octanol–water partition coefficient (Wildman–Crippen LogP) is 2.22. The van der Waals surface area contributed by atoms with Crippen molar-refractivity contribution in [3.05, 3.63) is 28.2 Å². The van der Waals surface area contributed by atoms with Gasteiger partial charge in [0.1, 0.15) is 5.75 Å². The Morgan fingerprint density at radius 3 is 2.85 bits per heavy atom. The minimum atomic E-state index is 0.385. The maximum absolute atomic E-state index is 9.64. The molecule has 0 spiro atoms. The van der Waals surface area contributed by atoms with Gasteiger partial charge >= 0.3 is 0 Å². The van der Waals surface area contributed by atoms with Crippen LogP contribution in [0.15, 0.2) is 22.7 Å². The van der Waals surface area contributed by atoms with Crippen molar-refractivity contribution < 1.29 is 5.11 Å². The number of nitrogens with two attached hydrogens (primary N) is 1. The predicted molar refractivity (Wildman–Crippen MR) is 55.7 cm³/mol. The Kier molecular flexibility index (Phi) is 2.30. The molecule has 1 aromatic carbocycles. The summed E-state index contributed by atoms with van der Waals surface area (Å²) in [7, 11) is 0. The van der Waals surface area contributed by atoms with Crippen LogP contribution in [-0.2, 0) is 0 Å². The Bertz CT molecular complexity index is 306. The van der Waals surface area contributed by atoms with E-state index in [9.17, 15) is 5.11 Å². The van der Waals surface area contributed by atoms with E-state index >= 15 is 0 Å². The molecule has 1 aromatic rings. The molecule has 0 aromatic heterocycles. The number of rotatable bonds is 2. The van der Waals surface area contributed by atoms with Crippen molar-refractivity contribution in [2.75, 3.05) is 6.54 Å². The monoisotopic (exact) mass is 241 g/mol. The molecule has 2 unspecified atom stereocenters. The Labute approximate surface area is 85.9 Å². The molecule has 1 saturated carbocycles. The van der Waals surface area contributed by atoms with Crippen LogP contribution in [0.2, 0.25) is 0 Å². The molecule has 0 radical (unpaired) electrons. The first kappa shape index (κ1) is 9.03.